The smallest absolute Gasteiger partial charge is 0.339 e. The molecule has 0 saturated carbocycles. The third-order valence-corrected chi connectivity index (χ3v) is 2.52. The van der Waals surface area contributed by atoms with E-state index >= 15 is 0 Å². The van der Waals surface area contributed by atoms with Gasteiger partial charge >= 0.3 is 5.97 Å². The molecule has 3 N–H and O–H groups in total. The molecule has 2 heterocycles. The largest absolute Gasteiger partial charge is 0.478 e. The van der Waals surface area contributed by atoms with Crippen molar-refractivity contribution in [2.45, 2.75) is 13.8 Å². The molecular formula is C12H13N3O5. The van der Waals surface area contributed by atoms with Crippen LogP contribution in [0.15, 0.2) is 16.8 Å². The summed E-state index contributed by atoms with van der Waals surface area (Å²) >= 11 is 0. The van der Waals surface area contributed by atoms with Crippen molar-refractivity contribution < 1.29 is 24.0 Å². The van der Waals surface area contributed by atoms with E-state index in [-0.39, 0.29) is 23.7 Å². The molecular weight excluding hydrogens is 266 g/mol. The normalized spacial score (nSPS) is 10.3. The Morgan fingerprint density at radius 1 is 1.50 bits per heavy atom. The van der Waals surface area contributed by atoms with E-state index in [2.05, 4.69) is 15.5 Å². The number of aromatic nitrogens is 2. The minimum Gasteiger partial charge on any atom is -0.478 e. The number of anilines is 1. The first-order valence-corrected chi connectivity index (χ1v) is 5.74. The molecule has 0 fully saturated rings. The average molecular weight is 279 g/mol. The second-order valence-electron chi connectivity index (χ2n) is 4.12. The van der Waals surface area contributed by atoms with Crippen molar-refractivity contribution in [1.82, 2.24) is 10.1 Å². The summed E-state index contributed by atoms with van der Waals surface area (Å²) in [4.78, 5) is 25.5. The first-order valence-electron chi connectivity index (χ1n) is 5.74. The van der Waals surface area contributed by atoms with Crippen LogP contribution in [0.1, 0.15) is 21.8 Å². The van der Waals surface area contributed by atoms with Crippen LogP contribution in [0.2, 0.25) is 0 Å². The summed E-state index contributed by atoms with van der Waals surface area (Å²) in [6.07, 6.45) is 1.41. The maximum absolute atomic E-state index is 11.7. The van der Waals surface area contributed by atoms with Crippen molar-refractivity contribution in [3.05, 3.63) is 29.3 Å². The molecule has 8 nitrogen and oxygen atoms in total. The Hall–Kier alpha value is -2.77. The fourth-order valence-corrected chi connectivity index (χ4v) is 1.64. The second-order valence-corrected chi connectivity index (χ2v) is 4.12. The Morgan fingerprint density at radius 2 is 2.25 bits per heavy atom. The number of hydrogen-bond donors (Lipinski definition) is 3. The van der Waals surface area contributed by atoms with Crippen molar-refractivity contribution >= 4 is 17.6 Å². The number of carbonyl (C=O) groups is 2. The van der Waals surface area contributed by atoms with Gasteiger partial charge in [0, 0.05) is 18.0 Å². The molecule has 1 amide bonds. The number of nitrogens with zero attached hydrogens (tertiary/aromatic N) is 1. The van der Waals surface area contributed by atoms with Gasteiger partial charge in [-0.05, 0) is 19.0 Å². The van der Waals surface area contributed by atoms with Crippen LogP contribution >= 0.6 is 0 Å². The molecule has 0 spiro atoms. The molecule has 2 aromatic heterocycles. The lowest BCUT2D eigenvalue weighted by Gasteiger charge is -2.05. The Morgan fingerprint density at radius 3 is 2.85 bits per heavy atom. The molecule has 20 heavy (non-hydrogen) atoms. The lowest BCUT2D eigenvalue weighted by molar-refractivity contribution is -0.118. The second kappa shape index (κ2) is 5.47. The minimum absolute atomic E-state index is 0.0237. The van der Waals surface area contributed by atoms with E-state index in [1.54, 1.807) is 13.8 Å². The predicted molar refractivity (Wildman–Crippen MR) is 67.9 cm³/mol. The summed E-state index contributed by atoms with van der Waals surface area (Å²) < 4.78 is 9.87. The molecule has 0 aliphatic rings. The van der Waals surface area contributed by atoms with Gasteiger partial charge in [0.15, 0.2) is 6.61 Å². The predicted octanol–water partition coefficient (Wildman–Crippen LogP) is 1.34. The molecule has 106 valence electrons. The molecule has 2 rings (SSSR count). The number of aryl methyl sites for hydroxylation is 2. The highest BCUT2D eigenvalue weighted by molar-refractivity contribution is 6.01. The maximum Gasteiger partial charge on any atom is 0.339 e. The first kappa shape index (κ1) is 13.7. The summed E-state index contributed by atoms with van der Waals surface area (Å²) in [5.74, 6) is -0.851. The molecule has 0 aromatic carbocycles. The van der Waals surface area contributed by atoms with E-state index in [4.69, 9.17) is 14.4 Å². The first-order chi connectivity index (χ1) is 9.47. The monoisotopic (exact) mass is 279 g/mol. The van der Waals surface area contributed by atoms with Crippen molar-refractivity contribution in [2.24, 2.45) is 0 Å². The van der Waals surface area contributed by atoms with Crippen molar-refractivity contribution in [3.63, 3.8) is 0 Å². The van der Waals surface area contributed by atoms with Crippen molar-refractivity contribution in [2.75, 3.05) is 11.9 Å². The maximum atomic E-state index is 11.7. The molecule has 0 atom stereocenters. The lowest BCUT2D eigenvalue weighted by Crippen LogP contribution is -2.21. The Bertz CT molecular complexity index is 643. The van der Waals surface area contributed by atoms with Gasteiger partial charge in [0.2, 0.25) is 0 Å². The Balaban J connectivity index is 1.96. The number of amides is 1. The van der Waals surface area contributed by atoms with E-state index in [9.17, 15) is 9.59 Å². The van der Waals surface area contributed by atoms with Crippen LogP contribution in [0.4, 0.5) is 5.69 Å². The van der Waals surface area contributed by atoms with Crippen molar-refractivity contribution in [3.8, 4) is 5.88 Å². The third kappa shape index (κ3) is 2.97. The number of rotatable bonds is 5. The van der Waals surface area contributed by atoms with E-state index in [0.29, 0.717) is 11.5 Å². The molecule has 0 aliphatic carbocycles. The van der Waals surface area contributed by atoms with Gasteiger partial charge in [-0.2, -0.15) is 0 Å². The average Bonchev–Trinajstić information content (AvgIpc) is 2.93. The SMILES string of the molecule is Cc1cc(OCC(=O)Nc2c[nH]c(C)c2C(=O)O)no1. The summed E-state index contributed by atoms with van der Waals surface area (Å²) in [6.45, 7) is 3.00. The van der Waals surface area contributed by atoms with E-state index in [1.807, 2.05) is 0 Å². The number of hydrogen-bond acceptors (Lipinski definition) is 5. The van der Waals surface area contributed by atoms with Crippen LogP contribution < -0.4 is 10.1 Å². The lowest BCUT2D eigenvalue weighted by atomic mass is 10.2. The third-order valence-electron chi connectivity index (χ3n) is 2.52. The zero-order chi connectivity index (χ0) is 14.7. The number of aromatic carboxylic acids is 1. The van der Waals surface area contributed by atoms with Crippen LogP contribution in [0.25, 0.3) is 0 Å². The van der Waals surface area contributed by atoms with Crippen LogP contribution in [-0.4, -0.2) is 33.7 Å². The standard InChI is InChI=1S/C12H13N3O5/c1-6-3-10(15-20-6)19-5-9(16)14-8-4-13-7(2)11(8)12(17)18/h3-4,13H,5H2,1-2H3,(H,14,16)(H,17,18). The topological polar surface area (TPSA) is 117 Å². The highest BCUT2D eigenvalue weighted by Crippen LogP contribution is 2.19. The summed E-state index contributed by atoms with van der Waals surface area (Å²) in [5, 5.41) is 15.1. The molecule has 0 bridgehead atoms. The number of nitrogens with one attached hydrogen (secondary N) is 2. The van der Waals surface area contributed by atoms with Gasteiger partial charge in [-0.3, -0.25) is 4.79 Å². The van der Waals surface area contributed by atoms with Crippen molar-refractivity contribution in [1.29, 1.82) is 0 Å². The fourth-order valence-electron chi connectivity index (χ4n) is 1.64. The summed E-state index contributed by atoms with van der Waals surface area (Å²) in [7, 11) is 0. The molecule has 0 aliphatic heterocycles. The van der Waals surface area contributed by atoms with Gasteiger partial charge in [-0.1, -0.05) is 0 Å². The number of carboxylic acid groups (broad SMARTS) is 1. The zero-order valence-electron chi connectivity index (χ0n) is 10.9. The van der Waals surface area contributed by atoms with Gasteiger partial charge in [0.05, 0.1) is 5.69 Å². The molecule has 2 aromatic rings. The number of carboxylic acids is 1. The zero-order valence-corrected chi connectivity index (χ0v) is 10.9. The number of H-pyrrole nitrogens is 1. The highest BCUT2D eigenvalue weighted by Gasteiger charge is 2.17. The van der Waals surface area contributed by atoms with Gasteiger partial charge < -0.3 is 24.7 Å². The Kier molecular flexibility index (Phi) is 3.74. The van der Waals surface area contributed by atoms with E-state index < -0.39 is 11.9 Å². The summed E-state index contributed by atoms with van der Waals surface area (Å²) in [6, 6.07) is 1.54. The van der Waals surface area contributed by atoms with Gasteiger partial charge in [-0.15, -0.1) is 0 Å². The number of carbonyl (C=O) groups excluding carboxylic acids is 1. The minimum atomic E-state index is -1.12. The number of ether oxygens (including phenoxy) is 1. The molecule has 0 unspecified atom stereocenters. The van der Waals surface area contributed by atoms with Crippen LogP contribution in [0.3, 0.4) is 0 Å². The van der Waals surface area contributed by atoms with Gasteiger partial charge in [0.1, 0.15) is 11.3 Å². The Labute approximate surface area is 113 Å². The summed E-state index contributed by atoms with van der Waals surface area (Å²) in [5.41, 5.74) is 0.677. The number of aromatic amines is 1. The highest BCUT2D eigenvalue weighted by atomic mass is 16.5. The van der Waals surface area contributed by atoms with Crippen LogP contribution in [-0.2, 0) is 4.79 Å². The fraction of sp³-hybridized carbons (Fsp3) is 0.250. The van der Waals surface area contributed by atoms with Gasteiger partial charge in [-0.25, -0.2) is 4.79 Å². The van der Waals surface area contributed by atoms with E-state index in [0.717, 1.165) is 0 Å². The van der Waals surface area contributed by atoms with Crippen LogP contribution in [0, 0.1) is 13.8 Å². The van der Waals surface area contributed by atoms with Crippen LogP contribution in [0.5, 0.6) is 5.88 Å². The molecule has 0 saturated heterocycles. The molecule has 8 heteroatoms. The van der Waals surface area contributed by atoms with Gasteiger partial charge in [0.25, 0.3) is 11.8 Å². The quantitative estimate of drug-likeness (QED) is 0.760. The van der Waals surface area contributed by atoms with E-state index in [1.165, 1.54) is 12.3 Å². The molecule has 0 radical (unpaired) electrons.